The largest absolute Gasteiger partial charge is 0.544 e. The van der Waals surface area contributed by atoms with Crippen molar-refractivity contribution >= 4 is 17.9 Å². The summed E-state index contributed by atoms with van der Waals surface area (Å²) in [6, 6.07) is -0.712. The monoisotopic (exact) mass is 459 g/mol. The van der Waals surface area contributed by atoms with Gasteiger partial charge in [-0.2, -0.15) is 0 Å². The van der Waals surface area contributed by atoms with Gasteiger partial charge in [0.1, 0.15) is 12.6 Å². The molecule has 0 heterocycles. The molecule has 0 spiro atoms. The Balaban J connectivity index is 4.46. The standard InChI is InChI=1S/C24H45NO7/c1-6-8-9-10-11-12-13-15-23(27)32-20(19-31-22(26)14-7-2)18-30-17-16-21(24(28)29)25(3,4)5/h20-21H,6-19H2,1-5H3. The summed E-state index contributed by atoms with van der Waals surface area (Å²) in [5.74, 6) is -1.81. The Morgan fingerprint density at radius 3 is 2.00 bits per heavy atom. The van der Waals surface area contributed by atoms with E-state index in [9.17, 15) is 19.5 Å². The second-order valence-corrected chi connectivity index (χ2v) is 9.23. The first kappa shape index (κ1) is 30.3. The Morgan fingerprint density at radius 2 is 1.44 bits per heavy atom. The summed E-state index contributed by atoms with van der Waals surface area (Å²) in [5, 5.41) is 11.3. The number of hydrogen-bond acceptors (Lipinski definition) is 7. The van der Waals surface area contributed by atoms with E-state index < -0.39 is 18.1 Å². The van der Waals surface area contributed by atoms with Crippen LogP contribution in [0.4, 0.5) is 0 Å². The number of hydrogen-bond donors (Lipinski definition) is 0. The van der Waals surface area contributed by atoms with Gasteiger partial charge in [0.25, 0.3) is 0 Å². The van der Waals surface area contributed by atoms with Crippen molar-refractivity contribution in [3.8, 4) is 0 Å². The number of carboxylic acid groups (broad SMARTS) is 1. The maximum Gasteiger partial charge on any atom is 0.306 e. The fraction of sp³-hybridized carbons (Fsp3) is 0.875. The Hall–Kier alpha value is -1.67. The molecule has 0 amide bonds. The molecule has 2 unspecified atom stereocenters. The van der Waals surface area contributed by atoms with Crippen LogP contribution < -0.4 is 5.11 Å². The molecule has 0 aromatic heterocycles. The molecule has 0 aromatic carbocycles. The van der Waals surface area contributed by atoms with Crippen molar-refractivity contribution < 1.29 is 38.2 Å². The highest BCUT2D eigenvalue weighted by Crippen LogP contribution is 2.11. The maximum atomic E-state index is 12.2. The first-order valence-corrected chi connectivity index (χ1v) is 12.1. The molecule has 0 bridgehead atoms. The summed E-state index contributed by atoms with van der Waals surface area (Å²) in [6.07, 6.45) is 8.60. The van der Waals surface area contributed by atoms with E-state index in [2.05, 4.69) is 6.92 Å². The average molecular weight is 460 g/mol. The van der Waals surface area contributed by atoms with Gasteiger partial charge in [-0.3, -0.25) is 9.59 Å². The van der Waals surface area contributed by atoms with Crippen molar-refractivity contribution in [1.82, 2.24) is 0 Å². The lowest BCUT2D eigenvalue weighted by molar-refractivity contribution is -0.889. The van der Waals surface area contributed by atoms with Gasteiger partial charge in [-0.25, -0.2) is 0 Å². The fourth-order valence-electron chi connectivity index (χ4n) is 3.28. The molecule has 8 nitrogen and oxygen atoms in total. The number of carbonyl (C=O) groups is 3. The summed E-state index contributed by atoms with van der Waals surface area (Å²) in [6.45, 7) is 4.20. The summed E-state index contributed by atoms with van der Waals surface area (Å²) >= 11 is 0. The van der Waals surface area contributed by atoms with Gasteiger partial charge in [0.05, 0.1) is 40.3 Å². The number of nitrogens with zero attached hydrogens (tertiary/aromatic N) is 1. The van der Waals surface area contributed by atoms with Crippen LogP contribution in [-0.4, -0.2) is 75.5 Å². The number of likely N-dealkylation sites (N-methyl/N-ethyl adjacent to an activating group) is 1. The minimum absolute atomic E-state index is 0.0407. The molecule has 0 saturated carbocycles. The van der Waals surface area contributed by atoms with E-state index in [-0.39, 0.29) is 42.7 Å². The molecule has 188 valence electrons. The van der Waals surface area contributed by atoms with Crippen LogP contribution in [0.25, 0.3) is 0 Å². The molecular formula is C24H45NO7. The van der Waals surface area contributed by atoms with Gasteiger partial charge in [-0.05, 0) is 12.8 Å². The van der Waals surface area contributed by atoms with Crippen LogP contribution in [0.15, 0.2) is 0 Å². The van der Waals surface area contributed by atoms with Gasteiger partial charge in [-0.15, -0.1) is 0 Å². The first-order valence-electron chi connectivity index (χ1n) is 12.1. The molecule has 0 aliphatic heterocycles. The molecular weight excluding hydrogens is 414 g/mol. The van der Waals surface area contributed by atoms with Gasteiger partial charge in [0.15, 0.2) is 6.10 Å². The van der Waals surface area contributed by atoms with Crippen molar-refractivity contribution in [3.05, 3.63) is 0 Å². The highest BCUT2D eigenvalue weighted by molar-refractivity contribution is 5.70. The molecule has 0 rings (SSSR count). The molecule has 0 aliphatic carbocycles. The number of carbonyl (C=O) groups excluding carboxylic acids is 3. The molecule has 8 heteroatoms. The van der Waals surface area contributed by atoms with E-state index in [0.717, 1.165) is 19.3 Å². The van der Waals surface area contributed by atoms with Crippen LogP contribution in [0, 0.1) is 0 Å². The third-order valence-corrected chi connectivity index (χ3v) is 5.21. The lowest BCUT2D eigenvalue weighted by Gasteiger charge is -2.34. The van der Waals surface area contributed by atoms with Gasteiger partial charge in [0.2, 0.25) is 0 Å². The molecule has 0 radical (unpaired) electrons. The number of unbranched alkanes of at least 4 members (excludes halogenated alkanes) is 6. The normalized spacial score (nSPS) is 13.4. The van der Waals surface area contributed by atoms with Crippen LogP contribution in [0.2, 0.25) is 0 Å². The van der Waals surface area contributed by atoms with Crippen LogP contribution >= 0.6 is 0 Å². The summed E-state index contributed by atoms with van der Waals surface area (Å²) in [4.78, 5) is 35.2. The minimum atomic E-state index is -1.13. The third kappa shape index (κ3) is 16.0. The Morgan fingerprint density at radius 1 is 0.812 bits per heavy atom. The molecule has 2 atom stereocenters. The zero-order chi connectivity index (χ0) is 24.4. The number of ether oxygens (including phenoxy) is 3. The number of esters is 2. The minimum Gasteiger partial charge on any atom is -0.544 e. The average Bonchev–Trinajstić information content (AvgIpc) is 2.69. The van der Waals surface area contributed by atoms with Gasteiger partial charge >= 0.3 is 11.9 Å². The predicted molar refractivity (Wildman–Crippen MR) is 121 cm³/mol. The molecule has 0 saturated heterocycles. The van der Waals surface area contributed by atoms with Crippen molar-refractivity contribution in [1.29, 1.82) is 0 Å². The fourth-order valence-corrected chi connectivity index (χ4v) is 3.28. The zero-order valence-corrected chi connectivity index (χ0v) is 20.9. The summed E-state index contributed by atoms with van der Waals surface area (Å²) < 4.78 is 16.5. The van der Waals surface area contributed by atoms with Crippen molar-refractivity contribution in [3.63, 3.8) is 0 Å². The number of rotatable bonds is 20. The molecule has 0 aromatic rings. The van der Waals surface area contributed by atoms with E-state index in [1.807, 2.05) is 6.92 Å². The predicted octanol–water partition coefficient (Wildman–Crippen LogP) is 2.61. The Kier molecular flexibility index (Phi) is 16.9. The molecule has 0 aliphatic rings. The molecule has 0 fully saturated rings. The maximum absolute atomic E-state index is 12.2. The lowest BCUT2D eigenvalue weighted by atomic mass is 10.1. The SMILES string of the molecule is CCCCCCCCCC(=O)OC(COCCC(C(=O)[O-])[N+](C)(C)C)COC(=O)CCC. The number of aliphatic carboxylic acids is 1. The van der Waals surface area contributed by atoms with Crippen molar-refractivity contribution in [2.24, 2.45) is 0 Å². The van der Waals surface area contributed by atoms with Crippen LogP contribution in [0.3, 0.4) is 0 Å². The van der Waals surface area contributed by atoms with Crippen molar-refractivity contribution in [2.45, 2.75) is 96.6 Å². The molecule has 32 heavy (non-hydrogen) atoms. The Labute approximate surface area is 194 Å². The van der Waals surface area contributed by atoms with Gasteiger partial charge in [0, 0.05) is 19.3 Å². The van der Waals surface area contributed by atoms with Crippen LogP contribution in [0.1, 0.15) is 84.5 Å². The quantitative estimate of drug-likeness (QED) is 0.157. The van der Waals surface area contributed by atoms with Gasteiger partial charge < -0.3 is 28.6 Å². The van der Waals surface area contributed by atoms with Crippen LogP contribution in [-0.2, 0) is 28.6 Å². The van der Waals surface area contributed by atoms with Crippen molar-refractivity contribution in [2.75, 3.05) is 41.0 Å². The first-order chi connectivity index (χ1) is 15.1. The second-order valence-electron chi connectivity index (χ2n) is 9.23. The van der Waals surface area contributed by atoms with Gasteiger partial charge in [-0.1, -0.05) is 52.4 Å². The summed E-state index contributed by atoms with van der Waals surface area (Å²) in [7, 11) is 5.34. The smallest absolute Gasteiger partial charge is 0.306 e. The third-order valence-electron chi connectivity index (χ3n) is 5.21. The van der Waals surface area contributed by atoms with E-state index >= 15 is 0 Å². The highest BCUT2D eigenvalue weighted by Gasteiger charge is 2.25. The van der Waals surface area contributed by atoms with E-state index in [0.29, 0.717) is 19.3 Å². The second kappa shape index (κ2) is 17.8. The number of carboxylic acids is 1. The van der Waals surface area contributed by atoms with E-state index in [4.69, 9.17) is 14.2 Å². The zero-order valence-electron chi connectivity index (χ0n) is 20.9. The van der Waals surface area contributed by atoms with E-state index in [1.165, 1.54) is 25.7 Å². The van der Waals surface area contributed by atoms with Crippen LogP contribution in [0.5, 0.6) is 0 Å². The number of quaternary nitrogens is 1. The topological polar surface area (TPSA) is 102 Å². The summed E-state index contributed by atoms with van der Waals surface area (Å²) in [5.41, 5.74) is 0. The highest BCUT2D eigenvalue weighted by atomic mass is 16.6. The molecule has 0 N–H and O–H groups in total. The van der Waals surface area contributed by atoms with E-state index in [1.54, 1.807) is 21.1 Å². The Bertz CT molecular complexity index is 531. The lowest BCUT2D eigenvalue weighted by Crippen LogP contribution is -2.55.